The minimum Gasteiger partial charge on any atom is -0.444 e. The van der Waals surface area contributed by atoms with Crippen molar-refractivity contribution in [2.45, 2.75) is 52.2 Å². The van der Waals surface area contributed by atoms with Crippen LogP contribution in [0.15, 0.2) is 24.3 Å². The standard InChI is InChI=1S/C17H25ClN2O3/c1-12(13-7-9-14(18)10-8-13)20-15(21)6-5-11-19-16(22)23-17(2,3)4/h7-10,12H,5-6,11H2,1-4H3,(H,19,22)(H,20,21)/t12-/m1/s1. The first kappa shape index (κ1) is 19.3. The highest BCUT2D eigenvalue weighted by molar-refractivity contribution is 6.30. The monoisotopic (exact) mass is 340 g/mol. The van der Waals surface area contributed by atoms with Gasteiger partial charge in [-0.25, -0.2) is 4.79 Å². The average molecular weight is 341 g/mol. The first-order valence-corrected chi connectivity index (χ1v) is 8.07. The summed E-state index contributed by atoms with van der Waals surface area (Å²) in [5.74, 6) is -0.0570. The number of hydrogen-bond acceptors (Lipinski definition) is 3. The fraction of sp³-hybridized carbons (Fsp3) is 0.529. The second-order valence-corrected chi connectivity index (χ2v) is 6.81. The van der Waals surface area contributed by atoms with Gasteiger partial charge in [0.2, 0.25) is 5.91 Å². The fourth-order valence-corrected chi connectivity index (χ4v) is 2.03. The Labute approximate surface area is 142 Å². The third-order valence-electron chi connectivity index (χ3n) is 3.00. The van der Waals surface area contributed by atoms with E-state index in [4.69, 9.17) is 16.3 Å². The van der Waals surface area contributed by atoms with Crippen LogP contribution in [-0.4, -0.2) is 24.1 Å². The van der Waals surface area contributed by atoms with Crippen LogP contribution in [-0.2, 0) is 9.53 Å². The second-order valence-electron chi connectivity index (χ2n) is 6.37. The number of hydrogen-bond donors (Lipinski definition) is 2. The van der Waals surface area contributed by atoms with Gasteiger partial charge in [0.05, 0.1) is 6.04 Å². The van der Waals surface area contributed by atoms with E-state index in [0.29, 0.717) is 24.4 Å². The summed E-state index contributed by atoms with van der Waals surface area (Å²) < 4.78 is 5.12. The molecule has 0 radical (unpaired) electrons. The van der Waals surface area contributed by atoms with Crippen molar-refractivity contribution in [3.63, 3.8) is 0 Å². The largest absolute Gasteiger partial charge is 0.444 e. The summed E-state index contributed by atoms with van der Waals surface area (Å²) in [6, 6.07) is 7.28. The van der Waals surface area contributed by atoms with Gasteiger partial charge in [-0.1, -0.05) is 23.7 Å². The predicted octanol–water partition coefficient (Wildman–Crippen LogP) is 3.82. The van der Waals surface area contributed by atoms with E-state index in [0.717, 1.165) is 5.56 Å². The van der Waals surface area contributed by atoms with Crippen LogP contribution in [0.4, 0.5) is 4.79 Å². The summed E-state index contributed by atoms with van der Waals surface area (Å²) in [5.41, 5.74) is 0.477. The van der Waals surface area contributed by atoms with Crippen LogP contribution < -0.4 is 10.6 Å². The maximum atomic E-state index is 11.9. The highest BCUT2D eigenvalue weighted by Gasteiger charge is 2.15. The number of benzene rings is 1. The molecule has 2 N–H and O–H groups in total. The Balaban J connectivity index is 2.24. The van der Waals surface area contributed by atoms with Gasteiger partial charge in [-0.3, -0.25) is 4.79 Å². The minimum atomic E-state index is -0.518. The molecule has 1 atom stereocenters. The van der Waals surface area contributed by atoms with Crippen molar-refractivity contribution >= 4 is 23.6 Å². The summed E-state index contributed by atoms with van der Waals surface area (Å²) >= 11 is 5.84. The Hall–Kier alpha value is -1.75. The first-order valence-electron chi connectivity index (χ1n) is 7.69. The molecule has 0 aliphatic heterocycles. The number of alkyl carbamates (subject to hydrolysis) is 1. The third kappa shape index (κ3) is 8.45. The Kier molecular flexibility index (Phi) is 7.36. The summed E-state index contributed by atoms with van der Waals surface area (Å²) in [4.78, 5) is 23.3. The van der Waals surface area contributed by atoms with Crippen LogP contribution in [0.5, 0.6) is 0 Å². The normalized spacial score (nSPS) is 12.4. The van der Waals surface area contributed by atoms with E-state index < -0.39 is 11.7 Å². The zero-order valence-electron chi connectivity index (χ0n) is 14.1. The van der Waals surface area contributed by atoms with Gasteiger partial charge in [-0.15, -0.1) is 0 Å². The number of carbonyl (C=O) groups is 2. The summed E-state index contributed by atoms with van der Waals surface area (Å²) in [7, 11) is 0. The maximum Gasteiger partial charge on any atom is 0.407 e. The van der Waals surface area contributed by atoms with E-state index in [-0.39, 0.29) is 11.9 Å². The predicted molar refractivity (Wildman–Crippen MR) is 91.5 cm³/mol. The molecule has 0 aliphatic carbocycles. The molecule has 0 bridgehead atoms. The zero-order chi connectivity index (χ0) is 17.5. The lowest BCUT2D eigenvalue weighted by atomic mass is 10.1. The summed E-state index contributed by atoms with van der Waals surface area (Å²) in [5, 5.41) is 6.21. The fourth-order valence-electron chi connectivity index (χ4n) is 1.90. The molecule has 0 heterocycles. The molecular formula is C17H25ClN2O3. The van der Waals surface area contributed by atoms with Crippen LogP contribution in [0.1, 0.15) is 52.1 Å². The minimum absolute atomic E-state index is 0.0570. The van der Waals surface area contributed by atoms with Crippen LogP contribution in [0.3, 0.4) is 0 Å². The number of ether oxygens (including phenoxy) is 1. The number of nitrogens with one attached hydrogen (secondary N) is 2. The molecule has 0 aromatic heterocycles. The van der Waals surface area contributed by atoms with Gasteiger partial charge >= 0.3 is 6.09 Å². The molecule has 0 saturated heterocycles. The van der Waals surface area contributed by atoms with Crippen molar-refractivity contribution in [3.05, 3.63) is 34.9 Å². The van der Waals surface area contributed by atoms with Gasteiger partial charge in [0, 0.05) is 18.0 Å². The SMILES string of the molecule is C[C@@H](NC(=O)CCCNC(=O)OC(C)(C)C)c1ccc(Cl)cc1. The molecule has 2 amide bonds. The molecule has 0 unspecified atom stereocenters. The molecule has 0 fully saturated rings. The number of amides is 2. The highest BCUT2D eigenvalue weighted by atomic mass is 35.5. The molecule has 1 aromatic rings. The Morgan fingerprint density at radius 1 is 1.22 bits per heavy atom. The van der Waals surface area contributed by atoms with E-state index in [1.54, 1.807) is 32.9 Å². The van der Waals surface area contributed by atoms with Crippen molar-refractivity contribution in [3.8, 4) is 0 Å². The van der Waals surface area contributed by atoms with E-state index in [1.807, 2.05) is 19.1 Å². The molecule has 23 heavy (non-hydrogen) atoms. The molecule has 0 aliphatic rings. The van der Waals surface area contributed by atoms with Crippen LogP contribution >= 0.6 is 11.6 Å². The van der Waals surface area contributed by atoms with Crippen molar-refractivity contribution in [1.29, 1.82) is 0 Å². The molecule has 1 rings (SSSR count). The van der Waals surface area contributed by atoms with Gasteiger partial charge in [0.1, 0.15) is 5.60 Å². The topological polar surface area (TPSA) is 67.4 Å². The van der Waals surface area contributed by atoms with E-state index in [9.17, 15) is 9.59 Å². The van der Waals surface area contributed by atoms with Gasteiger partial charge in [-0.05, 0) is 51.8 Å². The molecule has 1 aromatic carbocycles. The number of rotatable bonds is 6. The Bertz CT molecular complexity index is 524. The quantitative estimate of drug-likeness (QED) is 0.773. The highest BCUT2D eigenvalue weighted by Crippen LogP contribution is 2.16. The Morgan fingerprint density at radius 3 is 2.39 bits per heavy atom. The lowest BCUT2D eigenvalue weighted by molar-refractivity contribution is -0.121. The first-order chi connectivity index (χ1) is 10.7. The van der Waals surface area contributed by atoms with Crippen LogP contribution in [0.2, 0.25) is 5.02 Å². The number of halogens is 1. The van der Waals surface area contributed by atoms with Crippen molar-refractivity contribution in [1.82, 2.24) is 10.6 Å². The maximum absolute atomic E-state index is 11.9. The van der Waals surface area contributed by atoms with Crippen molar-refractivity contribution < 1.29 is 14.3 Å². The van der Waals surface area contributed by atoms with Crippen molar-refractivity contribution in [2.75, 3.05) is 6.54 Å². The lowest BCUT2D eigenvalue weighted by Gasteiger charge is -2.19. The van der Waals surface area contributed by atoms with Gasteiger partial charge in [0.25, 0.3) is 0 Å². The van der Waals surface area contributed by atoms with Crippen LogP contribution in [0, 0.1) is 0 Å². The lowest BCUT2D eigenvalue weighted by Crippen LogP contribution is -2.33. The molecule has 6 heteroatoms. The Morgan fingerprint density at radius 2 is 1.83 bits per heavy atom. The van der Waals surface area contributed by atoms with E-state index in [1.165, 1.54) is 0 Å². The zero-order valence-corrected chi connectivity index (χ0v) is 14.9. The summed E-state index contributed by atoms with van der Waals surface area (Å²) in [6.07, 6.45) is 0.430. The summed E-state index contributed by atoms with van der Waals surface area (Å²) in [6.45, 7) is 7.73. The van der Waals surface area contributed by atoms with Crippen LogP contribution in [0.25, 0.3) is 0 Å². The van der Waals surface area contributed by atoms with Crippen molar-refractivity contribution in [2.24, 2.45) is 0 Å². The molecule has 0 spiro atoms. The van der Waals surface area contributed by atoms with E-state index >= 15 is 0 Å². The molecule has 5 nitrogen and oxygen atoms in total. The molecular weight excluding hydrogens is 316 g/mol. The smallest absolute Gasteiger partial charge is 0.407 e. The van der Waals surface area contributed by atoms with Gasteiger partial charge < -0.3 is 15.4 Å². The molecule has 0 saturated carbocycles. The molecule has 128 valence electrons. The average Bonchev–Trinajstić information content (AvgIpc) is 2.42. The van der Waals surface area contributed by atoms with E-state index in [2.05, 4.69) is 10.6 Å². The van der Waals surface area contributed by atoms with Gasteiger partial charge in [-0.2, -0.15) is 0 Å². The van der Waals surface area contributed by atoms with Gasteiger partial charge in [0.15, 0.2) is 0 Å². The second kappa shape index (κ2) is 8.77. The third-order valence-corrected chi connectivity index (χ3v) is 3.25. The number of carbonyl (C=O) groups excluding carboxylic acids is 2.